The van der Waals surface area contributed by atoms with Crippen molar-refractivity contribution < 1.29 is 9.13 Å². The molecule has 6 heteroatoms. The molecule has 0 saturated heterocycles. The molecule has 2 N–H and O–H groups in total. The van der Waals surface area contributed by atoms with Gasteiger partial charge in [-0.1, -0.05) is 0 Å². The van der Waals surface area contributed by atoms with Gasteiger partial charge in [-0.2, -0.15) is 5.10 Å². The third kappa shape index (κ3) is 2.64. The second-order valence-electron chi connectivity index (χ2n) is 3.99. The number of nitrogens with zero attached hydrogens (tertiary/aromatic N) is 2. The maximum Gasteiger partial charge on any atom is 0.145 e. The third-order valence-electron chi connectivity index (χ3n) is 2.53. The highest BCUT2D eigenvalue weighted by atomic mass is 79.9. The molecule has 2 rings (SSSR count). The maximum absolute atomic E-state index is 13.4. The lowest BCUT2D eigenvalue weighted by Crippen LogP contribution is -2.04. The van der Waals surface area contributed by atoms with Crippen LogP contribution in [0.25, 0.3) is 0 Å². The third-order valence-corrected chi connectivity index (χ3v) is 3.13. The van der Waals surface area contributed by atoms with E-state index in [1.165, 1.54) is 12.1 Å². The number of hydrogen-bond acceptors (Lipinski definition) is 3. The normalized spacial score (nSPS) is 10.7. The van der Waals surface area contributed by atoms with Crippen molar-refractivity contribution in [2.75, 3.05) is 5.73 Å². The van der Waals surface area contributed by atoms with Crippen LogP contribution in [-0.2, 0) is 13.7 Å². The van der Waals surface area contributed by atoms with E-state index in [0.717, 1.165) is 11.4 Å². The second-order valence-corrected chi connectivity index (χ2v) is 4.85. The number of aryl methyl sites for hydroxylation is 2. The van der Waals surface area contributed by atoms with E-state index in [-0.39, 0.29) is 0 Å². The smallest absolute Gasteiger partial charge is 0.145 e. The Morgan fingerprint density at radius 2 is 2.17 bits per heavy atom. The van der Waals surface area contributed by atoms with Gasteiger partial charge in [-0.25, -0.2) is 4.39 Å². The molecule has 1 aromatic heterocycles. The van der Waals surface area contributed by atoms with E-state index in [9.17, 15) is 4.39 Å². The first-order chi connectivity index (χ1) is 8.47. The van der Waals surface area contributed by atoms with Crippen molar-refractivity contribution in [3.05, 3.63) is 39.9 Å². The van der Waals surface area contributed by atoms with E-state index in [2.05, 4.69) is 21.0 Å². The van der Waals surface area contributed by atoms with E-state index in [1.54, 1.807) is 4.68 Å². The summed E-state index contributed by atoms with van der Waals surface area (Å²) in [5.74, 6) is -0.0741. The highest BCUT2D eigenvalue weighted by Gasteiger charge is 2.09. The average molecular weight is 314 g/mol. The fourth-order valence-electron chi connectivity index (χ4n) is 1.62. The van der Waals surface area contributed by atoms with E-state index in [0.29, 0.717) is 22.5 Å². The molecule has 0 spiro atoms. The van der Waals surface area contributed by atoms with Gasteiger partial charge in [-0.15, -0.1) is 0 Å². The first-order valence-corrected chi connectivity index (χ1v) is 6.13. The van der Waals surface area contributed by atoms with Gasteiger partial charge in [0.05, 0.1) is 21.5 Å². The molecule has 1 aromatic carbocycles. The summed E-state index contributed by atoms with van der Waals surface area (Å²) < 4.78 is 20.9. The first kappa shape index (κ1) is 12.9. The predicted octanol–water partition coefficient (Wildman–Crippen LogP) is 2.79. The lowest BCUT2D eigenvalue weighted by atomic mass is 10.3. The van der Waals surface area contributed by atoms with E-state index < -0.39 is 5.82 Å². The summed E-state index contributed by atoms with van der Waals surface area (Å²) in [6.45, 7) is 2.19. The molecular formula is C12H13BrFN3O. The minimum absolute atomic E-state index is 0.294. The van der Waals surface area contributed by atoms with Crippen molar-refractivity contribution in [3.63, 3.8) is 0 Å². The molecule has 0 unspecified atom stereocenters. The van der Waals surface area contributed by atoms with Gasteiger partial charge < -0.3 is 10.5 Å². The standard InChI is InChI=1S/C12H13BrFN3O/c1-7-3-8(17(2)16-7)6-18-12-5-10(14)9(13)4-11(12)15/h3-5H,6,15H2,1-2H3. The van der Waals surface area contributed by atoms with Crippen LogP contribution < -0.4 is 10.5 Å². The van der Waals surface area contributed by atoms with Gasteiger partial charge in [-0.3, -0.25) is 4.68 Å². The Balaban J connectivity index is 2.15. The first-order valence-electron chi connectivity index (χ1n) is 5.34. The SMILES string of the molecule is Cc1cc(COc2cc(F)c(Br)cc2N)n(C)n1. The number of nitrogens with two attached hydrogens (primary N) is 1. The summed E-state index contributed by atoms with van der Waals surface area (Å²) in [5.41, 5.74) is 7.95. The zero-order valence-electron chi connectivity index (χ0n) is 10.1. The van der Waals surface area contributed by atoms with Crippen LogP contribution in [-0.4, -0.2) is 9.78 Å². The van der Waals surface area contributed by atoms with Crippen LogP contribution >= 0.6 is 15.9 Å². The summed E-state index contributed by atoms with van der Waals surface area (Å²) in [5, 5.41) is 4.20. The molecule has 0 saturated carbocycles. The molecule has 0 bridgehead atoms. The summed E-state index contributed by atoms with van der Waals surface area (Å²) in [6, 6.07) is 4.66. The van der Waals surface area contributed by atoms with Gasteiger partial charge >= 0.3 is 0 Å². The predicted molar refractivity (Wildman–Crippen MR) is 70.8 cm³/mol. The number of rotatable bonds is 3. The summed E-state index contributed by atoms with van der Waals surface area (Å²) in [4.78, 5) is 0. The fourth-order valence-corrected chi connectivity index (χ4v) is 1.98. The molecule has 18 heavy (non-hydrogen) atoms. The van der Waals surface area contributed by atoms with Gasteiger partial charge in [0.25, 0.3) is 0 Å². The molecule has 0 fully saturated rings. The molecule has 0 aliphatic carbocycles. The average Bonchev–Trinajstić information content (AvgIpc) is 2.61. The Morgan fingerprint density at radius 3 is 2.78 bits per heavy atom. The number of halogens is 2. The number of aromatic nitrogens is 2. The molecule has 0 radical (unpaired) electrons. The molecule has 4 nitrogen and oxygen atoms in total. The Morgan fingerprint density at radius 1 is 1.44 bits per heavy atom. The van der Waals surface area contributed by atoms with Crippen LogP contribution in [0.3, 0.4) is 0 Å². The Hall–Kier alpha value is -1.56. The van der Waals surface area contributed by atoms with Gasteiger partial charge in [0.2, 0.25) is 0 Å². The Bertz CT molecular complexity index is 583. The van der Waals surface area contributed by atoms with Crippen LogP contribution in [0.5, 0.6) is 5.75 Å². The summed E-state index contributed by atoms with van der Waals surface area (Å²) in [7, 11) is 1.83. The van der Waals surface area contributed by atoms with Crippen LogP contribution in [0, 0.1) is 12.7 Å². The molecule has 0 atom stereocenters. The van der Waals surface area contributed by atoms with Crippen molar-refractivity contribution >= 4 is 21.6 Å². The summed E-state index contributed by atoms with van der Waals surface area (Å²) >= 11 is 3.07. The molecular weight excluding hydrogens is 301 g/mol. The van der Waals surface area contributed by atoms with Crippen molar-refractivity contribution in [1.82, 2.24) is 9.78 Å². The molecule has 1 heterocycles. The number of hydrogen-bond donors (Lipinski definition) is 1. The number of ether oxygens (including phenoxy) is 1. The van der Waals surface area contributed by atoms with Gasteiger partial charge in [0.1, 0.15) is 18.2 Å². The second kappa shape index (κ2) is 4.97. The van der Waals surface area contributed by atoms with Gasteiger partial charge in [-0.05, 0) is 35.0 Å². The van der Waals surface area contributed by atoms with Crippen LogP contribution in [0.15, 0.2) is 22.7 Å². The Kier molecular flexibility index (Phi) is 3.56. The highest BCUT2D eigenvalue weighted by molar-refractivity contribution is 9.10. The molecule has 0 aliphatic rings. The molecule has 96 valence electrons. The van der Waals surface area contributed by atoms with Crippen LogP contribution in [0.4, 0.5) is 10.1 Å². The number of nitrogen functional groups attached to an aromatic ring is 1. The maximum atomic E-state index is 13.4. The molecule has 0 aliphatic heterocycles. The molecule has 0 amide bonds. The van der Waals surface area contributed by atoms with E-state index in [4.69, 9.17) is 10.5 Å². The molecule has 2 aromatic rings. The quantitative estimate of drug-likeness (QED) is 0.886. The summed E-state index contributed by atoms with van der Waals surface area (Å²) in [6.07, 6.45) is 0. The van der Waals surface area contributed by atoms with E-state index >= 15 is 0 Å². The Labute approximate surface area is 113 Å². The van der Waals surface area contributed by atoms with Gasteiger partial charge in [0, 0.05) is 13.1 Å². The minimum Gasteiger partial charge on any atom is -0.485 e. The zero-order chi connectivity index (χ0) is 13.3. The highest BCUT2D eigenvalue weighted by Crippen LogP contribution is 2.28. The fraction of sp³-hybridized carbons (Fsp3) is 0.250. The van der Waals surface area contributed by atoms with E-state index in [1.807, 2.05) is 20.0 Å². The van der Waals surface area contributed by atoms with Crippen LogP contribution in [0.2, 0.25) is 0 Å². The topological polar surface area (TPSA) is 53.1 Å². The van der Waals surface area contributed by atoms with Crippen molar-refractivity contribution in [3.8, 4) is 5.75 Å². The van der Waals surface area contributed by atoms with Gasteiger partial charge in [0.15, 0.2) is 0 Å². The van der Waals surface area contributed by atoms with Crippen molar-refractivity contribution in [2.24, 2.45) is 7.05 Å². The van der Waals surface area contributed by atoms with Crippen molar-refractivity contribution in [1.29, 1.82) is 0 Å². The lowest BCUT2D eigenvalue weighted by molar-refractivity contribution is 0.295. The largest absolute Gasteiger partial charge is 0.485 e. The number of benzene rings is 1. The zero-order valence-corrected chi connectivity index (χ0v) is 11.7. The van der Waals surface area contributed by atoms with Crippen LogP contribution in [0.1, 0.15) is 11.4 Å². The monoisotopic (exact) mass is 313 g/mol. The minimum atomic E-state index is -0.402. The number of anilines is 1. The van der Waals surface area contributed by atoms with Crippen molar-refractivity contribution in [2.45, 2.75) is 13.5 Å². The lowest BCUT2D eigenvalue weighted by Gasteiger charge is -2.09.